The number of carbonyl (C=O) groups excluding carboxylic acids is 1. The molecule has 0 amide bonds. The lowest BCUT2D eigenvalue weighted by molar-refractivity contribution is -0.139. The first-order chi connectivity index (χ1) is 14.9. The highest BCUT2D eigenvalue weighted by Crippen LogP contribution is 2.34. The average molecular weight is 586 g/mol. The molecule has 4 heterocycles. The monoisotopic (exact) mass is 584 g/mol. The predicted molar refractivity (Wildman–Crippen MR) is 128 cm³/mol. The second-order valence-corrected chi connectivity index (χ2v) is 10.3. The van der Waals surface area contributed by atoms with E-state index in [4.69, 9.17) is 14.1 Å². The van der Waals surface area contributed by atoms with E-state index < -0.39 is 12.0 Å². The van der Waals surface area contributed by atoms with Crippen LogP contribution in [0.4, 0.5) is 0 Å². The number of allylic oxidation sites excluding steroid dienone is 1. The Kier molecular flexibility index (Phi) is 6.80. The molecule has 0 spiro atoms. The van der Waals surface area contributed by atoms with Gasteiger partial charge in [0.2, 0.25) is 0 Å². The molecule has 0 aliphatic carbocycles. The van der Waals surface area contributed by atoms with E-state index in [0.717, 1.165) is 15.8 Å². The lowest BCUT2D eigenvalue weighted by Gasteiger charge is -2.24. The van der Waals surface area contributed by atoms with Crippen molar-refractivity contribution in [3.63, 3.8) is 0 Å². The van der Waals surface area contributed by atoms with Gasteiger partial charge in [-0.15, -0.1) is 11.3 Å². The molecule has 1 aliphatic heterocycles. The molecule has 0 saturated heterocycles. The van der Waals surface area contributed by atoms with E-state index in [1.54, 1.807) is 23.6 Å². The number of nitrogens with zero attached hydrogens (tertiary/aromatic N) is 2. The number of thiophene rings is 1. The lowest BCUT2D eigenvalue weighted by atomic mass is 9.99. The zero-order chi connectivity index (χ0) is 22.1. The van der Waals surface area contributed by atoms with Gasteiger partial charge >= 0.3 is 5.97 Å². The average Bonchev–Trinajstić information content (AvgIpc) is 3.43. The maximum atomic E-state index is 13.5. The number of hydrogen-bond donors (Lipinski definition) is 0. The summed E-state index contributed by atoms with van der Waals surface area (Å²) in [6.07, 6.45) is 3.14. The van der Waals surface area contributed by atoms with Crippen molar-refractivity contribution in [2.24, 2.45) is 4.99 Å². The fourth-order valence-corrected chi connectivity index (χ4v) is 5.83. The van der Waals surface area contributed by atoms with E-state index in [2.05, 4.69) is 31.9 Å². The third-order valence-electron chi connectivity index (χ3n) is 4.64. The molecule has 0 saturated carbocycles. The lowest BCUT2D eigenvalue weighted by Crippen LogP contribution is -2.39. The first-order valence-corrected chi connectivity index (χ1v) is 12.9. The smallest absolute Gasteiger partial charge is 0.338 e. The van der Waals surface area contributed by atoms with Crippen molar-refractivity contribution in [1.82, 2.24) is 4.57 Å². The topological polar surface area (TPSA) is 73.8 Å². The highest BCUT2D eigenvalue weighted by molar-refractivity contribution is 9.13. The molecule has 31 heavy (non-hydrogen) atoms. The molecule has 0 bridgehead atoms. The van der Waals surface area contributed by atoms with Crippen molar-refractivity contribution < 1.29 is 13.9 Å². The summed E-state index contributed by atoms with van der Waals surface area (Å²) in [6.45, 7) is 4.06. The summed E-state index contributed by atoms with van der Waals surface area (Å²) in [5.74, 6) is 0.108. The van der Waals surface area contributed by atoms with Gasteiger partial charge in [0.05, 0.1) is 26.9 Å². The van der Waals surface area contributed by atoms with Crippen LogP contribution in [0.1, 0.15) is 43.4 Å². The summed E-state index contributed by atoms with van der Waals surface area (Å²) in [5.41, 5.74) is 0.896. The molecule has 162 valence electrons. The standard InChI is InChI=1S/C21H18Br2N2O4S2/c1-3-6-13-16(20(27)28-4-2)17(14-7-5-8-30-14)25-19(26)15(31-21(25)24-13)10-11-9-12(22)18(23)29-11/h5,7-10,17H,3-4,6H2,1-2H3/b15-10+/t17-/m0/s1. The Labute approximate surface area is 202 Å². The van der Waals surface area contributed by atoms with Crippen molar-refractivity contribution in [2.45, 2.75) is 32.7 Å². The fourth-order valence-electron chi connectivity index (χ4n) is 3.40. The molecule has 10 heteroatoms. The van der Waals surface area contributed by atoms with Crippen LogP contribution in [0.3, 0.4) is 0 Å². The third kappa shape index (κ3) is 4.30. The van der Waals surface area contributed by atoms with Gasteiger partial charge in [-0.05, 0) is 62.7 Å². The van der Waals surface area contributed by atoms with E-state index >= 15 is 0 Å². The Bertz CT molecular complexity index is 1310. The van der Waals surface area contributed by atoms with Gasteiger partial charge in [0.1, 0.15) is 11.8 Å². The molecule has 3 aromatic rings. The van der Waals surface area contributed by atoms with Crippen molar-refractivity contribution in [1.29, 1.82) is 0 Å². The van der Waals surface area contributed by atoms with E-state index in [0.29, 0.717) is 37.5 Å². The highest BCUT2D eigenvalue weighted by atomic mass is 79.9. The predicted octanol–water partition coefficient (Wildman–Crippen LogP) is 4.76. The Balaban J connectivity index is 1.97. The molecule has 0 N–H and O–H groups in total. The van der Waals surface area contributed by atoms with Crippen molar-refractivity contribution in [2.75, 3.05) is 6.61 Å². The first kappa shape index (κ1) is 22.4. The quantitative estimate of drug-likeness (QED) is 0.391. The minimum Gasteiger partial charge on any atom is -0.463 e. The summed E-state index contributed by atoms with van der Waals surface area (Å²) in [4.78, 5) is 32.6. The van der Waals surface area contributed by atoms with E-state index in [-0.39, 0.29) is 12.2 Å². The summed E-state index contributed by atoms with van der Waals surface area (Å²) < 4.78 is 14.4. The summed E-state index contributed by atoms with van der Waals surface area (Å²) in [5, 5.41) is 1.94. The van der Waals surface area contributed by atoms with Crippen molar-refractivity contribution in [3.05, 3.63) is 74.3 Å². The molecule has 1 aliphatic rings. The number of esters is 1. The molecule has 4 rings (SSSR count). The summed E-state index contributed by atoms with van der Waals surface area (Å²) in [6, 6.07) is 5.07. The van der Waals surface area contributed by atoms with Gasteiger partial charge in [-0.1, -0.05) is 30.7 Å². The number of fused-ring (bicyclic) bond motifs is 1. The Morgan fingerprint density at radius 3 is 2.81 bits per heavy atom. The number of carbonyl (C=O) groups is 1. The van der Waals surface area contributed by atoms with Crippen molar-refractivity contribution in [3.8, 4) is 0 Å². The van der Waals surface area contributed by atoms with Gasteiger partial charge in [-0.3, -0.25) is 9.36 Å². The van der Waals surface area contributed by atoms with Crippen molar-refractivity contribution >= 4 is 66.6 Å². The number of ether oxygens (including phenoxy) is 1. The molecular weight excluding hydrogens is 568 g/mol. The van der Waals surface area contributed by atoms with E-state index in [1.165, 1.54) is 22.7 Å². The van der Waals surface area contributed by atoms with Gasteiger partial charge in [0, 0.05) is 11.0 Å². The number of furan rings is 1. The fraction of sp³-hybridized carbons (Fsp3) is 0.286. The maximum Gasteiger partial charge on any atom is 0.338 e. The van der Waals surface area contributed by atoms with Crippen LogP contribution < -0.4 is 14.9 Å². The number of halogens is 2. The van der Waals surface area contributed by atoms with Crippen LogP contribution in [-0.4, -0.2) is 17.1 Å². The Hall–Kier alpha value is -1.75. The highest BCUT2D eigenvalue weighted by Gasteiger charge is 2.34. The van der Waals surface area contributed by atoms with Crippen LogP contribution in [0, 0.1) is 0 Å². The molecular formula is C21H18Br2N2O4S2. The summed E-state index contributed by atoms with van der Waals surface area (Å²) >= 11 is 9.49. The number of aromatic nitrogens is 1. The van der Waals surface area contributed by atoms with E-state index in [1.807, 2.05) is 24.4 Å². The minimum absolute atomic E-state index is 0.219. The SMILES string of the molecule is CCCC1=C(C(=O)OCC)[C@H](c2cccs2)n2c(s/c(=C/c3cc(Br)c(Br)o3)c2=O)=N1. The maximum absolute atomic E-state index is 13.5. The molecule has 6 nitrogen and oxygen atoms in total. The third-order valence-corrected chi connectivity index (χ3v) is 8.26. The summed E-state index contributed by atoms with van der Waals surface area (Å²) in [7, 11) is 0. The van der Waals surface area contributed by atoms with Crippen LogP contribution in [0.5, 0.6) is 0 Å². The zero-order valence-corrected chi connectivity index (χ0v) is 21.5. The minimum atomic E-state index is -0.561. The van der Waals surface area contributed by atoms with Gasteiger partial charge in [0.15, 0.2) is 9.47 Å². The number of rotatable bonds is 6. The van der Waals surface area contributed by atoms with Crippen LogP contribution in [-0.2, 0) is 9.53 Å². The van der Waals surface area contributed by atoms with Crippen LogP contribution in [0.25, 0.3) is 6.08 Å². The largest absolute Gasteiger partial charge is 0.463 e. The second kappa shape index (κ2) is 9.40. The number of thiazole rings is 1. The van der Waals surface area contributed by atoms with Crippen LogP contribution >= 0.6 is 54.5 Å². The Morgan fingerprint density at radius 2 is 2.19 bits per heavy atom. The normalized spacial score (nSPS) is 16.4. The van der Waals surface area contributed by atoms with Gasteiger partial charge in [-0.25, -0.2) is 9.79 Å². The molecule has 0 radical (unpaired) electrons. The first-order valence-electron chi connectivity index (χ1n) is 9.64. The van der Waals surface area contributed by atoms with Crippen LogP contribution in [0.15, 0.2) is 58.2 Å². The van der Waals surface area contributed by atoms with Gasteiger partial charge in [-0.2, -0.15) is 0 Å². The zero-order valence-electron chi connectivity index (χ0n) is 16.7. The van der Waals surface area contributed by atoms with Gasteiger partial charge in [0.25, 0.3) is 5.56 Å². The molecule has 3 aromatic heterocycles. The van der Waals surface area contributed by atoms with E-state index in [9.17, 15) is 9.59 Å². The molecule has 0 aromatic carbocycles. The second-order valence-electron chi connectivity index (χ2n) is 6.70. The molecule has 1 atom stereocenters. The van der Waals surface area contributed by atoms with Crippen LogP contribution in [0.2, 0.25) is 0 Å². The molecule has 0 unspecified atom stereocenters. The molecule has 0 fully saturated rings. The Morgan fingerprint density at radius 1 is 1.39 bits per heavy atom. The van der Waals surface area contributed by atoms with Gasteiger partial charge < -0.3 is 9.15 Å². The number of hydrogen-bond acceptors (Lipinski definition) is 7.